The summed E-state index contributed by atoms with van der Waals surface area (Å²) in [4.78, 5) is 1.88. The average Bonchev–Trinajstić information content (AvgIpc) is 2.21. The molecule has 1 rings (SSSR count). The molecule has 1 nitrogen and oxygen atoms in total. The maximum absolute atomic E-state index is 2.32. The molecule has 0 aromatic carbocycles. The van der Waals surface area contributed by atoms with Crippen LogP contribution in [0.5, 0.6) is 0 Å². The third-order valence-corrected chi connectivity index (χ3v) is 3.64. The highest BCUT2D eigenvalue weighted by molar-refractivity contribution is 4.61. The van der Waals surface area contributed by atoms with E-state index < -0.39 is 0 Å². The van der Waals surface area contributed by atoms with Gasteiger partial charge in [0.05, 0.1) is 19.6 Å². The van der Waals surface area contributed by atoms with Crippen molar-refractivity contribution in [2.75, 3.05) is 19.6 Å². The second-order valence-electron chi connectivity index (χ2n) is 4.94. The summed E-state index contributed by atoms with van der Waals surface area (Å²) >= 11 is 0. The van der Waals surface area contributed by atoms with Gasteiger partial charge in [-0.15, -0.1) is 0 Å². The average molecular weight is 217 g/mol. The standard InChI is InChI=1S/C13H27N.FH/c1-3-5-6-10-14-11-8-13(7-4-2)9-12-14;/h13H,3-12H2,1-2H3;1H. The highest BCUT2D eigenvalue weighted by Gasteiger charge is 2.20. The highest BCUT2D eigenvalue weighted by Crippen LogP contribution is 2.15. The largest absolute Gasteiger partial charge is 1.00 e. The Bertz CT molecular complexity index is 130. The Morgan fingerprint density at radius 2 is 1.67 bits per heavy atom. The SMILES string of the molecule is CCCCC[NH+]1CCC(CCC)CC1.[F-]. The van der Waals surface area contributed by atoms with Gasteiger partial charge in [0.1, 0.15) is 0 Å². The van der Waals surface area contributed by atoms with E-state index in [0.717, 1.165) is 5.92 Å². The summed E-state index contributed by atoms with van der Waals surface area (Å²) in [5.74, 6) is 1.06. The third-order valence-electron chi connectivity index (χ3n) is 3.64. The van der Waals surface area contributed by atoms with E-state index in [4.69, 9.17) is 0 Å². The van der Waals surface area contributed by atoms with Crippen LogP contribution in [0.1, 0.15) is 58.8 Å². The van der Waals surface area contributed by atoms with Crippen molar-refractivity contribution < 1.29 is 9.60 Å². The molecule has 1 saturated heterocycles. The van der Waals surface area contributed by atoms with Crippen molar-refractivity contribution in [1.82, 2.24) is 0 Å². The predicted molar refractivity (Wildman–Crippen MR) is 62.7 cm³/mol. The van der Waals surface area contributed by atoms with Crippen LogP contribution in [-0.4, -0.2) is 19.6 Å². The number of halogens is 1. The van der Waals surface area contributed by atoms with Crippen molar-refractivity contribution in [2.24, 2.45) is 5.92 Å². The van der Waals surface area contributed by atoms with E-state index >= 15 is 0 Å². The molecule has 1 heterocycles. The number of hydrogen-bond donors (Lipinski definition) is 1. The normalized spacial score (nSPS) is 26.0. The zero-order valence-corrected chi connectivity index (χ0v) is 10.5. The van der Waals surface area contributed by atoms with Crippen LogP contribution in [0.25, 0.3) is 0 Å². The highest BCUT2D eigenvalue weighted by atomic mass is 19.0. The van der Waals surface area contributed by atoms with Crippen LogP contribution in [0.2, 0.25) is 0 Å². The van der Waals surface area contributed by atoms with Crippen molar-refractivity contribution in [2.45, 2.75) is 58.8 Å². The number of hydrogen-bond acceptors (Lipinski definition) is 0. The predicted octanol–water partition coefficient (Wildman–Crippen LogP) is -0.724. The van der Waals surface area contributed by atoms with Gasteiger partial charge in [-0.3, -0.25) is 0 Å². The molecule has 0 aliphatic carbocycles. The van der Waals surface area contributed by atoms with Gasteiger partial charge in [-0.1, -0.05) is 33.1 Å². The minimum Gasteiger partial charge on any atom is -1.00 e. The first-order valence-corrected chi connectivity index (χ1v) is 6.70. The van der Waals surface area contributed by atoms with Crippen molar-refractivity contribution in [3.8, 4) is 0 Å². The summed E-state index contributed by atoms with van der Waals surface area (Å²) in [7, 11) is 0. The van der Waals surface area contributed by atoms with Gasteiger partial charge in [0, 0.05) is 0 Å². The Labute approximate surface area is 94.6 Å². The maximum atomic E-state index is 2.32. The van der Waals surface area contributed by atoms with Crippen LogP contribution in [0, 0.1) is 5.92 Å². The maximum Gasteiger partial charge on any atom is 0.0773 e. The minimum absolute atomic E-state index is 0. The summed E-state index contributed by atoms with van der Waals surface area (Å²) in [6.45, 7) is 8.96. The Morgan fingerprint density at radius 1 is 1.00 bits per heavy atom. The minimum atomic E-state index is 0. The second kappa shape index (κ2) is 9.14. The number of quaternary nitrogens is 1. The van der Waals surface area contributed by atoms with E-state index in [2.05, 4.69) is 13.8 Å². The van der Waals surface area contributed by atoms with Crippen molar-refractivity contribution in [3.05, 3.63) is 0 Å². The van der Waals surface area contributed by atoms with Gasteiger partial charge in [-0.05, 0) is 31.6 Å². The molecule has 0 radical (unpaired) electrons. The van der Waals surface area contributed by atoms with Crippen LogP contribution >= 0.6 is 0 Å². The molecule has 15 heavy (non-hydrogen) atoms. The monoisotopic (exact) mass is 217 g/mol. The lowest BCUT2D eigenvalue weighted by Crippen LogP contribution is -3.13. The van der Waals surface area contributed by atoms with E-state index in [9.17, 15) is 0 Å². The lowest BCUT2D eigenvalue weighted by Gasteiger charge is -2.29. The molecule has 0 unspecified atom stereocenters. The molecule has 0 saturated carbocycles. The Balaban J connectivity index is 0.00000196. The molecular weight excluding hydrogens is 189 g/mol. The molecular formula is C13H28FN. The molecule has 1 aliphatic heterocycles. The molecule has 1 N–H and O–H groups in total. The van der Waals surface area contributed by atoms with Crippen LogP contribution in [0.3, 0.4) is 0 Å². The summed E-state index contributed by atoms with van der Waals surface area (Å²) in [5.41, 5.74) is 0. The van der Waals surface area contributed by atoms with Crippen LogP contribution < -0.4 is 9.60 Å². The van der Waals surface area contributed by atoms with E-state index in [1.54, 1.807) is 0 Å². The summed E-state index contributed by atoms with van der Waals surface area (Å²) in [6, 6.07) is 0. The molecule has 1 fully saturated rings. The molecule has 0 aromatic rings. The van der Waals surface area contributed by atoms with Gasteiger partial charge in [-0.2, -0.15) is 0 Å². The fraction of sp³-hybridized carbons (Fsp3) is 1.00. The smallest absolute Gasteiger partial charge is 0.0773 e. The van der Waals surface area contributed by atoms with Crippen LogP contribution in [0.4, 0.5) is 0 Å². The first kappa shape index (κ1) is 14.9. The van der Waals surface area contributed by atoms with Gasteiger partial charge in [-0.25, -0.2) is 0 Å². The second-order valence-corrected chi connectivity index (χ2v) is 4.94. The fourth-order valence-electron chi connectivity index (χ4n) is 2.66. The summed E-state index contributed by atoms with van der Waals surface area (Å²) < 4.78 is 0. The topological polar surface area (TPSA) is 4.44 Å². The van der Waals surface area contributed by atoms with Gasteiger partial charge >= 0.3 is 0 Å². The number of piperidine rings is 1. The van der Waals surface area contributed by atoms with E-state index in [1.165, 1.54) is 64.6 Å². The number of nitrogens with one attached hydrogen (secondary N) is 1. The molecule has 0 bridgehead atoms. The molecule has 2 heteroatoms. The fourth-order valence-corrected chi connectivity index (χ4v) is 2.66. The van der Waals surface area contributed by atoms with Crippen molar-refractivity contribution in [3.63, 3.8) is 0 Å². The molecule has 0 amide bonds. The zero-order valence-electron chi connectivity index (χ0n) is 10.5. The zero-order chi connectivity index (χ0) is 10.2. The molecule has 0 atom stereocenters. The van der Waals surface area contributed by atoms with E-state index in [1.807, 2.05) is 4.90 Å². The third kappa shape index (κ3) is 6.14. The van der Waals surface area contributed by atoms with Crippen LogP contribution in [0.15, 0.2) is 0 Å². The molecule has 0 aromatic heterocycles. The molecule has 92 valence electrons. The van der Waals surface area contributed by atoms with Crippen LogP contribution in [-0.2, 0) is 0 Å². The summed E-state index contributed by atoms with van der Waals surface area (Å²) in [6.07, 6.45) is 10.1. The lowest BCUT2D eigenvalue weighted by molar-refractivity contribution is -0.906. The van der Waals surface area contributed by atoms with Gasteiger partial charge in [0.2, 0.25) is 0 Å². The van der Waals surface area contributed by atoms with Gasteiger partial charge in [0.15, 0.2) is 0 Å². The Kier molecular flexibility index (Phi) is 9.07. The van der Waals surface area contributed by atoms with Crippen molar-refractivity contribution >= 4 is 0 Å². The van der Waals surface area contributed by atoms with Crippen molar-refractivity contribution in [1.29, 1.82) is 0 Å². The molecule has 1 aliphatic rings. The lowest BCUT2D eigenvalue weighted by atomic mass is 9.92. The number of unbranched alkanes of at least 4 members (excludes halogenated alkanes) is 2. The number of rotatable bonds is 6. The Morgan fingerprint density at radius 3 is 2.20 bits per heavy atom. The number of likely N-dealkylation sites (tertiary alicyclic amines) is 1. The van der Waals surface area contributed by atoms with E-state index in [-0.39, 0.29) is 4.70 Å². The van der Waals surface area contributed by atoms with Gasteiger partial charge < -0.3 is 9.60 Å². The first-order chi connectivity index (χ1) is 6.86. The quantitative estimate of drug-likeness (QED) is 0.560. The Hall–Kier alpha value is -0.110. The van der Waals surface area contributed by atoms with E-state index in [0.29, 0.717) is 0 Å². The molecule has 0 spiro atoms. The van der Waals surface area contributed by atoms with Gasteiger partial charge in [0.25, 0.3) is 0 Å². The summed E-state index contributed by atoms with van der Waals surface area (Å²) in [5, 5.41) is 0. The first-order valence-electron chi connectivity index (χ1n) is 6.70.